The van der Waals surface area contributed by atoms with Crippen LogP contribution in [0.2, 0.25) is 0 Å². The molecule has 2 aromatic heterocycles. The van der Waals surface area contributed by atoms with Crippen LogP contribution in [0.4, 0.5) is 0 Å². The number of amides is 1. The molecule has 0 atom stereocenters. The van der Waals surface area contributed by atoms with Crippen molar-refractivity contribution >= 4 is 16.8 Å². The Balaban J connectivity index is 1.64. The normalized spacial score (nSPS) is 10.7. The molecule has 0 saturated heterocycles. The molecule has 0 saturated carbocycles. The molecule has 6 nitrogen and oxygen atoms in total. The van der Waals surface area contributed by atoms with Crippen molar-refractivity contribution < 1.29 is 4.79 Å². The minimum Gasteiger partial charge on any atom is -0.353 e. The minimum absolute atomic E-state index is 0.0255. The van der Waals surface area contributed by atoms with Crippen molar-refractivity contribution in [2.75, 3.05) is 6.54 Å². The van der Waals surface area contributed by atoms with Crippen molar-refractivity contribution in [2.24, 2.45) is 0 Å². The molecule has 0 aliphatic carbocycles. The number of carbonyl (C=O) groups is 1. The molecule has 3 rings (SSSR count). The van der Waals surface area contributed by atoms with Gasteiger partial charge < -0.3 is 9.88 Å². The number of para-hydroxylation sites is 1. The van der Waals surface area contributed by atoms with E-state index in [1.807, 2.05) is 35.2 Å². The third-order valence-electron chi connectivity index (χ3n) is 3.40. The Morgan fingerprint density at radius 1 is 1.14 bits per heavy atom. The fourth-order valence-corrected chi connectivity index (χ4v) is 2.27. The van der Waals surface area contributed by atoms with Gasteiger partial charge in [-0.15, -0.1) is 0 Å². The number of hydrogen-bond acceptors (Lipinski definition) is 3. The van der Waals surface area contributed by atoms with Crippen LogP contribution in [0, 0.1) is 0 Å². The van der Waals surface area contributed by atoms with Gasteiger partial charge in [0.1, 0.15) is 6.54 Å². The Hall–Kier alpha value is -2.89. The topological polar surface area (TPSA) is 68.9 Å². The fraction of sp³-hybridized carbons (Fsp3) is 0.188. The summed E-state index contributed by atoms with van der Waals surface area (Å²) in [6.45, 7) is 1.19. The van der Waals surface area contributed by atoms with E-state index in [1.54, 1.807) is 18.2 Å². The van der Waals surface area contributed by atoms with Crippen LogP contribution in [0.25, 0.3) is 10.9 Å². The van der Waals surface area contributed by atoms with E-state index in [9.17, 15) is 9.59 Å². The van der Waals surface area contributed by atoms with E-state index in [1.165, 1.54) is 10.9 Å². The number of aromatic nitrogens is 3. The number of fused-ring (bicyclic) bond motifs is 1. The van der Waals surface area contributed by atoms with Gasteiger partial charge in [-0.3, -0.25) is 14.2 Å². The Bertz CT molecular complexity index is 837. The van der Waals surface area contributed by atoms with Gasteiger partial charge in [-0.05, 0) is 24.3 Å². The highest BCUT2D eigenvalue weighted by atomic mass is 16.2. The Labute approximate surface area is 127 Å². The van der Waals surface area contributed by atoms with Crippen molar-refractivity contribution in [1.29, 1.82) is 0 Å². The van der Waals surface area contributed by atoms with E-state index in [0.717, 1.165) is 0 Å². The van der Waals surface area contributed by atoms with Gasteiger partial charge in [0.05, 0.1) is 17.2 Å². The molecule has 3 aromatic rings. The molecule has 1 aromatic carbocycles. The molecule has 112 valence electrons. The highest BCUT2D eigenvalue weighted by molar-refractivity contribution is 5.78. The first-order valence-electron chi connectivity index (χ1n) is 7.06. The van der Waals surface area contributed by atoms with Gasteiger partial charge in [0.15, 0.2) is 0 Å². The Morgan fingerprint density at radius 2 is 1.91 bits per heavy atom. The van der Waals surface area contributed by atoms with E-state index in [4.69, 9.17) is 0 Å². The summed E-state index contributed by atoms with van der Waals surface area (Å²) >= 11 is 0. The maximum absolute atomic E-state index is 12.3. The van der Waals surface area contributed by atoms with Crippen LogP contribution in [-0.2, 0) is 17.9 Å². The van der Waals surface area contributed by atoms with Crippen LogP contribution in [0.1, 0.15) is 0 Å². The van der Waals surface area contributed by atoms with Crippen LogP contribution >= 0.6 is 0 Å². The molecule has 0 bridgehead atoms. The third kappa shape index (κ3) is 3.06. The van der Waals surface area contributed by atoms with Gasteiger partial charge in [-0.1, -0.05) is 12.1 Å². The van der Waals surface area contributed by atoms with Gasteiger partial charge in [0, 0.05) is 25.5 Å². The standard InChI is InChI=1S/C16H16N4O2/c21-15(17-7-10-19-8-3-4-9-19)11-20-12-18-14-6-2-1-5-13(14)16(20)22/h1-6,8-9,12H,7,10-11H2,(H,17,21). The molecule has 6 heteroatoms. The average molecular weight is 296 g/mol. The largest absolute Gasteiger partial charge is 0.353 e. The van der Waals surface area contributed by atoms with Gasteiger partial charge >= 0.3 is 0 Å². The molecular formula is C16H16N4O2. The number of carbonyl (C=O) groups excluding carboxylic acids is 1. The summed E-state index contributed by atoms with van der Waals surface area (Å²) in [6.07, 6.45) is 5.28. The monoisotopic (exact) mass is 296 g/mol. The summed E-state index contributed by atoms with van der Waals surface area (Å²) in [5.41, 5.74) is 0.433. The summed E-state index contributed by atoms with van der Waals surface area (Å²) in [6, 6.07) is 11.0. The number of nitrogens with one attached hydrogen (secondary N) is 1. The predicted molar refractivity (Wildman–Crippen MR) is 83.4 cm³/mol. The van der Waals surface area contributed by atoms with Crippen LogP contribution in [0.15, 0.2) is 59.9 Å². The number of hydrogen-bond donors (Lipinski definition) is 1. The SMILES string of the molecule is O=C(Cn1cnc2ccccc2c1=O)NCCn1cccc1. The highest BCUT2D eigenvalue weighted by Gasteiger charge is 2.07. The van der Waals surface area contributed by atoms with E-state index >= 15 is 0 Å². The zero-order valence-electron chi connectivity index (χ0n) is 12.0. The van der Waals surface area contributed by atoms with Crippen molar-refractivity contribution in [2.45, 2.75) is 13.1 Å². The van der Waals surface area contributed by atoms with Crippen molar-refractivity contribution in [3.8, 4) is 0 Å². The predicted octanol–water partition coefficient (Wildman–Crippen LogP) is 1.01. The highest BCUT2D eigenvalue weighted by Crippen LogP contribution is 2.04. The van der Waals surface area contributed by atoms with Gasteiger partial charge in [-0.2, -0.15) is 0 Å². The lowest BCUT2D eigenvalue weighted by molar-refractivity contribution is -0.121. The maximum Gasteiger partial charge on any atom is 0.261 e. The van der Waals surface area contributed by atoms with Crippen LogP contribution < -0.4 is 10.9 Å². The minimum atomic E-state index is -0.203. The second-order valence-corrected chi connectivity index (χ2v) is 4.97. The first-order valence-corrected chi connectivity index (χ1v) is 7.06. The maximum atomic E-state index is 12.3. The summed E-state index contributed by atoms with van der Waals surface area (Å²) in [7, 11) is 0. The number of nitrogens with zero attached hydrogens (tertiary/aromatic N) is 3. The van der Waals surface area contributed by atoms with Crippen LogP contribution in [-0.4, -0.2) is 26.6 Å². The van der Waals surface area contributed by atoms with E-state index in [2.05, 4.69) is 10.3 Å². The van der Waals surface area contributed by atoms with Crippen molar-refractivity contribution in [3.05, 3.63) is 65.5 Å². The first-order chi connectivity index (χ1) is 10.7. The van der Waals surface area contributed by atoms with Crippen LogP contribution in [0.3, 0.4) is 0 Å². The van der Waals surface area contributed by atoms with E-state index in [-0.39, 0.29) is 18.0 Å². The van der Waals surface area contributed by atoms with E-state index in [0.29, 0.717) is 24.0 Å². The Morgan fingerprint density at radius 3 is 2.73 bits per heavy atom. The molecule has 0 fully saturated rings. The smallest absolute Gasteiger partial charge is 0.261 e. The lowest BCUT2D eigenvalue weighted by Gasteiger charge is -2.08. The first kappa shape index (κ1) is 14.1. The van der Waals surface area contributed by atoms with E-state index < -0.39 is 0 Å². The number of rotatable bonds is 5. The molecule has 2 heterocycles. The molecule has 22 heavy (non-hydrogen) atoms. The van der Waals surface area contributed by atoms with Crippen molar-refractivity contribution in [3.63, 3.8) is 0 Å². The third-order valence-corrected chi connectivity index (χ3v) is 3.40. The lowest BCUT2D eigenvalue weighted by atomic mass is 10.2. The van der Waals surface area contributed by atoms with Gasteiger partial charge in [0.2, 0.25) is 5.91 Å². The summed E-state index contributed by atoms with van der Waals surface area (Å²) in [5, 5.41) is 3.32. The molecular weight excluding hydrogens is 280 g/mol. The molecule has 0 aliphatic rings. The van der Waals surface area contributed by atoms with Gasteiger partial charge in [0.25, 0.3) is 5.56 Å². The quantitative estimate of drug-likeness (QED) is 0.764. The molecule has 0 radical (unpaired) electrons. The fourth-order valence-electron chi connectivity index (χ4n) is 2.27. The van der Waals surface area contributed by atoms with Gasteiger partial charge in [-0.25, -0.2) is 4.98 Å². The average Bonchev–Trinajstić information content (AvgIpc) is 3.04. The lowest BCUT2D eigenvalue weighted by Crippen LogP contribution is -2.34. The zero-order chi connectivity index (χ0) is 15.4. The molecule has 0 spiro atoms. The van der Waals surface area contributed by atoms with Crippen molar-refractivity contribution in [1.82, 2.24) is 19.4 Å². The molecule has 0 unspecified atom stereocenters. The second-order valence-electron chi connectivity index (χ2n) is 4.97. The number of benzene rings is 1. The summed E-state index contributed by atoms with van der Waals surface area (Å²) < 4.78 is 3.30. The Kier molecular flexibility index (Phi) is 4.00. The second kappa shape index (κ2) is 6.26. The zero-order valence-corrected chi connectivity index (χ0v) is 12.0. The molecule has 0 aliphatic heterocycles. The van der Waals surface area contributed by atoms with Crippen LogP contribution in [0.5, 0.6) is 0 Å². The summed E-state index contributed by atoms with van der Waals surface area (Å²) in [5.74, 6) is -0.202. The molecule has 1 N–H and O–H groups in total. The summed E-state index contributed by atoms with van der Waals surface area (Å²) in [4.78, 5) is 28.4. The molecule has 1 amide bonds.